The standard InChI is InChI=1S/C61H47N/c1-59(2)51-20-10-8-18-47(51)49-37-35-46(39-57(49)59)62(44-31-26-41(27-32-44)40-16-6-5-7-17-40)45-33-28-42(29-34-45)43-30-36-50-48-19-9-11-21-52(48)61(58(50)38-43)55-24-14-12-22-53(55)60(3,4)54-23-13-15-25-56(54)61/h5-39H,1-4H3. The van der Waals surface area contributed by atoms with Crippen molar-refractivity contribution in [2.45, 2.75) is 43.9 Å². The summed E-state index contributed by atoms with van der Waals surface area (Å²) in [6, 6.07) is 79.6. The molecule has 9 aromatic carbocycles. The summed E-state index contributed by atoms with van der Waals surface area (Å²) in [4.78, 5) is 2.42. The quantitative estimate of drug-likeness (QED) is 0.168. The van der Waals surface area contributed by atoms with E-state index < -0.39 is 5.41 Å². The second-order valence-corrected chi connectivity index (χ2v) is 18.5. The third kappa shape index (κ3) is 5.09. The van der Waals surface area contributed by atoms with Crippen molar-refractivity contribution >= 4 is 17.1 Å². The molecule has 0 amide bonds. The van der Waals surface area contributed by atoms with Crippen LogP contribution >= 0.6 is 0 Å². The average Bonchev–Trinajstić information content (AvgIpc) is 3.74. The Hall–Kier alpha value is -7.22. The molecule has 9 aromatic rings. The molecular formula is C61H47N. The maximum absolute atomic E-state index is 2.50. The van der Waals surface area contributed by atoms with E-state index in [1.165, 1.54) is 89.0 Å². The molecule has 1 nitrogen and oxygen atoms in total. The van der Waals surface area contributed by atoms with Crippen LogP contribution in [0.15, 0.2) is 212 Å². The zero-order chi connectivity index (χ0) is 41.8. The number of hydrogen-bond donors (Lipinski definition) is 0. The Bertz CT molecular complexity index is 3170. The Labute approximate surface area is 365 Å². The fourth-order valence-electron chi connectivity index (χ4n) is 11.6. The second-order valence-electron chi connectivity index (χ2n) is 18.5. The summed E-state index contributed by atoms with van der Waals surface area (Å²) in [6.45, 7) is 9.50. The SMILES string of the molecule is CC1(C)c2ccccc2-c2ccc(N(c3ccc(-c4ccccc4)cc3)c3ccc(-c4ccc5c(c4)C4(c6ccccc6-5)c5ccccc5C(C)(C)c5ccccc54)cc3)cc21. The zero-order valence-electron chi connectivity index (χ0n) is 35.7. The molecule has 0 saturated heterocycles. The van der Waals surface area contributed by atoms with Gasteiger partial charge in [-0.15, -0.1) is 0 Å². The van der Waals surface area contributed by atoms with Crippen LogP contribution in [0.5, 0.6) is 0 Å². The predicted molar refractivity (Wildman–Crippen MR) is 259 cm³/mol. The third-order valence-electron chi connectivity index (χ3n) is 14.6. The Balaban J connectivity index is 0.994. The molecule has 0 fully saturated rings. The van der Waals surface area contributed by atoms with Gasteiger partial charge in [-0.05, 0) is 131 Å². The summed E-state index contributed by atoms with van der Waals surface area (Å²) >= 11 is 0. The van der Waals surface area contributed by atoms with Gasteiger partial charge in [0.15, 0.2) is 0 Å². The van der Waals surface area contributed by atoms with Crippen LogP contribution in [-0.4, -0.2) is 0 Å². The minimum atomic E-state index is -0.422. The molecule has 1 spiro atoms. The summed E-state index contributed by atoms with van der Waals surface area (Å²) in [7, 11) is 0. The van der Waals surface area contributed by atoms with E-state index in [0.717, 1.165) is 17.1 Å². The van der Waals surface area contributed by atoms with Crippen molar-refractivity contribution in [3.63, 3.8) is 0 Å². The van der Waals surface area contributed by atoms with Crippen LogP contribution in [0, 0.1) is 0 Å². The normalized spacial score (nSPS) is 15.2. The topological polar surface area (TPSA) is 3.24 Å². The van der Waals surface area contributed by atoms with Gasteiger partial charge in [0.1, 0.15) is 0 Å². The molecule has 0 heterocycles. The first-order valence-electron chi connectivity index (χ1n) is 22.0. The van der Waals surface area contributed by atoms with Crippen molar-refractivity contribution < 1.29 is 0 Å². The molecule has 0 unspecified atom stereocenters. The third-order valence-corrected chi connectivity index (χ3v) is 14.6. The van der Waals surface area contributed by atoms with Crippen LogP contribution in [0.4, 0.5) is 17.1 Å². The lowest BCUT2D eigenvalue weighted by Gasteiger charge is -2.46. The number of benzene rings is 9. The molecule has 296 valence electrons. The Kier molecular flexibility index (Phi) is 7.91. The van der Waals surface area contributed by atoms with E-state index >= 15 is 0 Å². The number of nitrogens with zero attached hydrogens (tertiary/aromatic N) is 1. The van der Waals surface area contributed by atoms with Gasteiger partial charge in [0.25, 0.3) is 0 Å². The number of fused-ring (bicyclic) bond motifs is 12. The molecule has 0 radical (unpaired) electrons. The van der Waals surface area contributed by atoms with Gasteiger partial charge in [0, 0.05) is 27.9 Å². The van der Waals surface area contributed by atoms with Crippen molar-refractivity contribution in [2.24, 2.45) is 0 Å². The summed E-state index contributed by atoms with van der Waals surface area (Å²) < 4.78 is 0. The minimum Gasteiger partial charge on any atom is -0.310 e. The first-order valence-corrected chi connectivity index (χ1v) is 22.0. The molecule has 0 bridgehead atoms. The molecule has 0 N–H and O–H groups in total. The fourth-order valence-corrected chi connectivity index (χ4v) is 11.6. The maximum Gasteiger partial charge on any atom is 0.0719 e. The molecule has 62 heavy (non-hydrogen) atoms. The van der Waals surface area contributed by atoms with E-state index in [4.69, 9.17) is 0 Å². The lowest BCUT2D eigenvalue weighted by Crippen LogP contribution is -2.40. The lowest BCUT2D eigenvalue weighted by molar-refractivity contribution is 0.563. The van der Waals surface area contributed by atoms with Gasteiger partial charge in [0.2, 0.25) is 0 Å². The van der Waals surface area contributed by atoms with Crippen molar-refractivity contribution in [3.8, 4) is 44.5 Å². The monoisotopic (exact) mass is 793 g/mol. The average molecular weight is 794 g/mol. The molecule has 0 aliphatic heterocycles. The summed E-state index contributed by atoms with van der Waals surface area (Å²) in [5.74, 6) is 0. The van der Waals surface area contributed by atoms with E-state index in [2.05, 4.69) is 245 Å². The van der Waals surface area contributed by atoms with Crippen molar-refractivity contribution in [3.05, 3.63) is 257 Å². The molecule has 0 aromatic heterocycles. The van der Waals surface area contributed by atoms with Crippen LogP contribution in [-0.2, 0) is 16.2 Å². The maximum atomic E-state index is 2.50. The highest BCUT2D eigenvalue weighted by atomic mass is 15.1. The lowest BCUT2D eigenvalue weighted by atomic mass is 9.55. The van der Waals surface area contributed by atoms with Gasteiger partial charge in [0.05, 0.1) is 5.41 Å². The summed E-state index contributed by atoms with van der Waals surface area (Å²) in [5.41, 5.74) is 23.9. The number of rotatable bonds is 5. The highest BCUT2D eigenvalue weighted by molar-refractivity contribution is 5.91. The van der Waals surface area contributed by atoms with Gasteiger partial charge in [-0.3, -0.25) is 0 Å². The summed E-state index contributed by atoms with van der Waals surface area (Å²) in [6.07, 6.45) is 0. The van der Waals surface area contributed by atoms with E-state index in [-0.39, 0.29) is 10.8 Å². The highest BCUT2D eigenvalue weighted by Crippen LogP contribution is 2.62. The van der Waals surface area contributed by atoms with E-state index in [9.17, 15) is 0 Å². The Morgan fingerprint density at radius 1 is 0.258 bits per heavy atom. The van der Waals surface area contributed by atoms with Crippen LogP contribution < -0.4 is 4.90 Å². The van der Waals surface area contributed by atoms with Gasteiger partial charge in [-0.2, -0.15) is 0 Å². The fraction of sp³-hybridized carbons (Fsp3) is 0.115. The van der Waals surface area contributed by atoms with Crippen LogP contribution in [0.2, 0.25) is 0 Å². The van der Waals surface area contributed by atoms with Gasteiger partial charge in [-0.1, -0.05) is 198 Å². The minimum absolute atomic E-state index is 0.103. The van der Waals surface area contributed by atoms with Crippen LogP contribution in [0.25, 0.3) is 44.5 Å². The van der Waals surface area contributed by atoms with Gasteiger partial charge in [-0.25, -0.2) is 0 Å². The van der Waals surface area contributed by atoms with E-state index in [0.29, 0.717) is 0 Å². The van der Waals surface area contributed by atoms with Crippen LogP contribution in [0.3, 0.4) is 0 Å². The zero-order valence-corrected chi connectivity index (χ0v) is 35.7. The smallest absolute Gasteiger partial charge is 0.0719 e. The Morgan fingerprint density at radius 2 is 0.645 bits per heavy atom. The second kappa shape index (κ2) is 13.4. The molecule has 0 atom stereocenters. The molecule has 3 aliphatic rings. The predicted octanol–water partition coefficient (Wildman–Crippen LogP) is 15.8. The Morgan fingerprint density at radius 3 is 1.26 bits per heavy atom. The van der Waals surface area contributed by atoms with Crippen molar-refractivity contribution in [1.82, 2.24) is 0 Å². The van der Waals surface area contributed by atoms with Gasteiger partial charge >= 0.3 is 0 Å². The largest absolute Gasteiger partial charge is 0.310 e. The molecular weight excluding hydrogens is 747 g/mol. The molecule has 1 heteroatoms. The molecule has 12 rings (SSSR count). The summed E-state index contributed by atoms with van der Waals surface area (Å²) in [5, 5.41) is 0. The highest BCUT2D eigenvalue weighted by Gasteiger charge is 2.53. The van der Waals surface area contributed by atoms with Crippen LogP contribution in [0.1, 0.15) is 72.2 Å². The van der Waals surface area contributed by atoms with E-state index in [1.54, 1.807) is 0 Å². The number of hydrogen-bond acceptors (Lipinski definition) is 1. The van der Waals surface area contributed by atoms with Crippen molar-refractivity contribution in [1.29, 1.82) is 0 Å². The first kappa shape index (κ1) is 36.6. The molecule has 3 aliphatic carbocycles. The van der Waals surface area contributed by atoms with E-state index in [1.807, 2.05) is 0 Å². The number of anilines is 3. The van der Waals surface area contributed by atoms with Gasteiger partial charge < -0.3 is 4.90 Å². The van der Waals surface area contributed by atoms with Crippen molar-refractivity contribution in [2.75, 3.05) is 4.90 Å². The molecule has 0 saturated carbocycles. The first-order chi connectivity index (χ1) is 30.3.